The third-order valence-electron chi connectivity index (χ3n) is 4.80. The van der Waals surface area contributed by atoms with Gasteiger partial charge in [-0.25, -0.2) is 9.48 Å². The highest BCUT2D eigenvalue weighted by Crippen LogP contribution is 2.32. The molecular weight excluding hydrogens is 372 g/mol. The molecule has 0 saturated carbocycles. The Bertz CT molecular complexity index is 986. The van der Waals surface area contributed by atoms with Gasteiger partial charge in [-0.2, -0.15) is 0 Å². The second-order valence-corrected chi connectivity index (χ2v) is 6.65. The van der Waals surface area contributed by atoms with Gasteiger partial charge in [-0.3, -0.25) is 0 Å². The summed E-state index contributed by atoms with van der Waals surface area (Å²) in [6, 6.07) is 15.1. The molecule has 8 heteroatoms. The van der Waals surface area contributed by atoms with Gasteiger partial charge in [0, 0.05) is 12.2 Å². The molecule has 1 saturated heterocycles. The molecule has 1 aliphatic heterocycles. The smallest absolute Gasteiger partial charge is 0.337 e. The molecule has 150 valence electrons. The molecule has 29 heavy (non-hydrogen) atoms. The summed E-state index contributed by atoms with van der Waals surface area (Å²) in [5.74, 6) is 0.450. The van der Waals surface area contributed by atoms with E-state index in [4.69, 9.17) is 14.2 Å². The van der Waals surface area contributed by atoms with Crippen molar-refractivity contribution in [3.63, 3.8) is 0 Å². The summed E-state index contributed by atoms with van der Waals surface area (Å²) in [6.45, 7) is 1.88. The fourth-order valence-corrected chi connectivity index (χ4v) is 3.36. The molecule has 2 aromatic carbocycles. The molecule has 1 atom stereocenters. The minimum Gasteiger partial charge on any atom is -0.497 e. The van der Waals surface area contributed by atoms with Crippen LogP contribution in [0, 0.1) is 0 Å². The molecule has 1 fully saturated rings. The van der Waals surface area contributed by atoms with Crippen molar-refractivity contribution in [3.05, 3.63) is 71.5 Å². The molecule has 1 unspecified atom stereocenters. The van der Waals surface area contributed by atoms with E-state index in [-0.39, 0.29) is 12.2 Å². The number of anilines is 1. The van der Waals surface area contributed by atoms with Crippen molar-refractivity contribution in [3.8, 4) is 5.75 Å². The number of benzene rings is 2. The van der Waals surface area contributed by atoms with Gasteiger partial charge in [-0.1, -0.05) is 17.3 Å². The van der Waals surface area contributed by atoms with E-state index in [9.17, 15) is 4.79 Å². The van der Waals surface area contributed by atoms with Crippen molar-refractivity contribution in [2.75, 3.05) is 32.3 Å². The number of nitrogens with zero attached hydrogens (tertiary/aromatic N) is 4. The second kappa shape index (κ2) is 8.32. The Morgan fingerprint density at radius 3 is 2.79 bits per heavy atom. The maximum Gasteiger partial charge on any atom is 0.337 e. The van der Waals surface area contributed by atoms with Crippen molar-refractivity contribution in [1.29, 1.82) is 0 Å². The Hall–Kier alpha value is -3.39. The Morgan fingerprint density at radius 1 is 1.21 bits per heavy atom. The van der Waals surface area contributed by atoms with Gasteiger partial charge in [-0.05, 0) is 42.0 Å². The largest absolute Gasteiger partial charge is 0.497 e. The number of ether oxygens (including phenoxy) is 3. The lowest BCUT2D eigenvalue weighted by atomic mass is 10.1. The predicted octanol–water partition coefficient (Wildman–Crippen LogP) is 2.66. The van der Waals surface area contributed by atoms with Gasteiger partial charge >= 0.3 is 5.97 Å². The molecule has 1 aromatic heterocycles. The Labute approximate surface area is 168 Å². The summed E-state index contributed by atoms with van der Waals surface area (Å²) >= 11 is 0. The number of methoxy groups -OCH3 is 2. The summed E-state index contributed by atoms with van der Waals surface area (Å²) in [7, 11) is 3.02. The molecule has 0 spiro atoms. The maximum absolute atomic E-state index is 11.7. The molecule has 8 nitrogen and oxygen atoms in total. The summed E-state index contributed by atoms with van der Waals surface area (Å²) in [4.78, 5) is 13.9. The monoisotopic (exact) mass is 394 g/mol. The fourth-order valence-electron chi connectivity index (χ4n) is 3.36. The zero-order valence-electron chi connectivity index (χ0n) is 16.3. The van der Waals surface area contributed by atoms with Gasteiger partial charge in [0.15, 0.2) is 6.23 Å². The highest BCUT2D eigenvalue weighted by Gasteiger charge is 2.29. The Kier molecular flexibility index (Phi) is 5.44. The molecule has 0 radical (unpaired) electrons. The van der Waals surface area contributed by atoms with Gasteiger partial charge in [-0.15, -0.1) is 5.10 Å². The van der Waals surface area contributed by atoms with Crippen molar-refractivity contribution in [1.82, 2.24) is 15.0 Å². The zero-order valence-corrected chi connectivity index (χ0v) is 16.3. The quantitative estimate of drug-likeness (QED) is 0.595. The predicted molar refractivity (Wildman–Crippen MR) is 106 cm³/mol. The van der Waals surface area contributed by atoms with E-state index in [1.807, 2.05) is 42.6 Å². The number of carbonyl (C=O) groups is 1. The maximum atomic E-state index is 11.7. The third kappa shape index (κ3) is 4.07. The molecule has 0 aliphatic carbocycles. The van der Waals surface area contributed by atoms with Crippen molar-refractivity contribution < 1.29 is 19.0 Å². The van der Waals surface area contributed by atoms with Crippen LogP contribution in [-0.2, 0) is 16.0 Å². The molecule has 0 bridgehead atoms. The fraction of sp³-hybridized carbons (Fsp3) is 0.286. The van der Waals surface area contributed by atoms with Crippen LogP contribution in [-0.4, -0.2) is 48.3 Å². The van der Waals surface area contributed by atoms with E-state index >= 15 is 0 Å². The van der Waals surface area contributed by atoms with Gasteiger partial charge in [0.25, 0.3) is 0 Å². The van der Waals surface area contributed by atoms with Crippen molar-refractivity contribution >= 4 is 11.7 Å². The number of aromatic nitrogens is 3. The van der Waals surface area contributed by atoms with Crippen LogP contribution in [0.5, 0.6) is 5.75 Å². The van der Waals surface area contributed by atoms with E-state index in [1.165, 1.54) is 7.11 Å². The summed E-state index contributed by atoms with van der Waals surface area (Å²) in [5, 5.41) is 8.54. The normalized spacial score (nSPS) is 16.1. The van der Waals surface area contributed by atoms with E-state index in [1.54, 1.807) is 23.9 Å². The van der Waals surface area contributed by atoms with Crippen LogP contribution in [0.1, 0.15) is 27.8 Å². The summed E-state index contributed by atoms with van der Waals surface area (Å²) in [6.07, 6.45) is 1.58. The minimum absolute atomic E-state index is 0.293. The molecule has 0 N–H and O–H groups in total. The van der Waals surface area contributed by atoms with Crippen molar-refractivity contribution in [2.24, 2.45) is 0 Å². The van der Waals surface area contributed by atoms with Gasteiger partial charge in [0.05, 0.1) is 39.1 Å². The van der Waals surface area contributed by atoms with E-state index in [2.05, 4.69) is 15.2 Å². The molecule has 3 aromatic rings. The van der Waals surface area contributed by atoms with Crippen LogP contribution >= 0.6 is 0 Å². The lowest BCUT2D eigenvalue weighted by molar-refractivity contribution is 0.0600. The number of carbonyl (C=O) groups excluding carboxylic acids is 1. The lowest BCUT2D eigenvalue weighted by Gasteiger charge is -2.23. The van der Waals surface area contributed by atoms with E-state index in [0.717, 1.165) is 29.2 Å². The molecule has 0 amide bonds. The van der Waals surface area contributed by atoms with Crippen LogP contribution in [0.25, 0.3) is 0 Å². The Balaban J connectivity index is 1.50. The van der Waals surface area contributed by atoms with Crippen LogP contribution in [0.3, 0.4) is 0 Å². The van der Waals surface area contributed by atoms with E-state index in [0.29, 0.717) is 18.7 Å². The summed E-state index contributed by atoms with van der Waals surface area (Å²) < 4.78 is 17.7. The molecule has 4 rings (SSSR count). The average molecular weight is 394 g/mol. The highest BCUT2D eigenvalue weighted by atomic mass is 16.5. The van der Waals surface area contributed by atoms with E-state index < -0.39 is 0 Å². The van der Waals surface area contributed by atoms with Gasteiger partial charge in [0.2, 0.25) is 0 Å². The number of rotatable bonds is 6. The van der Waals surface area contributed by atoms with Gasteiger partial charge < -0.3 is 19.1 Å². The minimum atomic E-state index is -0.361. The number of esters is 1. The third-order valence-corrected chi connectivity index (χ3v) is 4.80. The van der Waals surface area contributed by atoms with Crippen molar-refractivity contribution in [2.45, 2.75) is 12.8 Å². The Morgan fingerprint density at radius 2 is 2.03 bits per heavy atom. The summed E-state index contributed by atoms with van der Waals surface area (Å²) in [5.41, 5.74) is 3.22. The molecule has 1 aliphatic rings. The first-order valence-electron chi connectivity index (χ1n) is 9.27. The van der Waals surface area contributed by atoms with Crippen LogP contribution in [0.2, 0.25) is 0 Å². The number of hydrogen-bond donors (Lipinski definition) is 0. The second-order valence-electron chi connectivity index (χ2n) is 6.65. The zero-order chi connectivity index (χ0) is 20.2. The SMILES string of the molecule is COC(=O)c1cccc(Cn2cc(C3OCCN3c3ccc(OC)cc3)nn2)c1. The molecule has 2 heterocycles. The highest BCUT2D eigenvalue weighted by molar-refractivity contribution is 5.89. The van der Waals surface area contributed by atoms with Crippen LogP contribution < -0.4 is 9.64 Å². The molecular formula is C21H22N4O4. The first-order chi connectivity index (χ1) is 14.2. The standard InChI is InChI=1S/C21H22N4O4/c1-27-18-8-6-17(7-9-18)25-10-11-29-20(25)19-14-24(23-22-19)13-15-4-3-5-16(12-15)21(26)28-2/h3-9,12,14,20H,10-11,13H2,1-2H3. The number of hydrogen-bond acceptors (Lipinski definition) is 7. The average Bonchev–Trinajstić information content (AvgIpc) is 3.43. The lowest BCUT2D eigenvalue weighted by Crippen LogP contribution is -2.23. The van der Waals surface area contributed by atoms with Crippen LogP contribution in [0.15, 0.2) is 54.7 Å². The first kappa shape index (κ1) is 18.9. The van der Waals surface area contributed by atoms with Gasteiger partial charge in [0.1, 0.15) is 11.4 Å². The topological polar surface area (TPSA) is 78.7 Å². The first-order valence-corrected chi connectivity index (χ1v) is 9.27. The van der Waals surface area contributed by atoms with Crippen LogP contribution in [0.4, 0.5) is 5.69 Å².